The molecule has 0 saturated heterocycles. The number of hydrogen-bond acceptors (Lipinski definition) is 3. The molecule has 3 N–H and O–H groups in total. The van der Waals surface area contributed by atoms with Gasteiger partial charge in [0.05, 0.1) is 0 Å². The van der Waals surface area contributed by atoms with E-state index in [0.717, 1.165) is 12.0 Å². The molecule has 2 unspecified atom stereocenters. The van der Waals surface area contributed by atoms with Crippen LogP contribution in [0.3, 0.4) is 0 Å². The van der Waals surface area contributed by atoms with Crippen LogP contribution in [0.5, 0.6) is 0 Å². The molecule has 0 aromatic heterocycles. The van der Waals surface area contributed by atoms with E-state index in [1.165, 1.54) is 6.92 Å². The van der Waals surface area contributed by atoms with E-state index in [-0.39, 0.29) is 23.8 Å². The molecular formula is C17H25N3O3. The number of carbonyl (C=O) groups is 3. The minimum atomic E-state index is -0.593. The van der Waals surface area contributed by atoms with Gasteiger partial charge in [0.25, 0.3) is 5.91 Å². The third-order valence-electron chi connectivity index (χ3n) is 3.46. The molecule has 0 aliphatic rings. The third-order valence-corrected chi connectivity index (χ3v) is 3.46. The minimum Gasteiger partial charge on any atom is -0.350 e. The Balaban J connectivity index is 2.62. The first kappa shape index (κ1) is 18.7. The van der Waals surface area contributed by atoms with Crippen molar-refractivity contribution in [2.45, 2.75) is 52.7 Å². The predicted molar refractivity (Wildman–Crippen MR) is 88.8 cm³/mol. The Morgan fingerprint density at radius 1 is 1.13 bits per heavy atom. The summed E-state index contributed by atoms with van der Waals surface area (Å²) in [5, 5.41) is 8.16. The van der Waals surface area contributed by atoms with Crippen molar-refractivity contribution in [1.29, 1.82) is 0 Å². The summed E-state index contributed by atoms with van der Waals surface area (Å²) in [7, 11) is 0. The van der Waals surface area contributed by atoms with Crippen LogP contribution in [0.4, 0.5) is 0 Å². The van der Waals surface area contributed by atoms with Gasteiger partial charge >= 0.3 is 0 Å². The Hall–Kier alpha value is -2.37. The van der Waals surface area contributed by atoms with Gasteiger partial charge in [0.2, 0.25) is 11.8 Å². The standard InChI is InChI=1S/C17H25N3O3/c1-5-11(2)19-17(23)15-8-6-7-14(9-15)10-18-16(22)12(3)20-13(4)21/h6-9,11-12H,5,10H2,1-4H3,(H,18,22)(H,19,23)(H,20,21). The fourth-order valence-electron chi connectivity index (χ4n) is 1.94. The largest absolute Gasteiger partial charge is 0.350 e. The molecule has 0 aliphatic carbocycles. The second kappa shape index (κ2) is 8.92. The zero-order chi connectivity index (χ0) is 17.4. The highest BCUT2D eigenvalue weighted by Crippen LogP contribution is 2.06. The number of carbonyl (C=O) groups excluding carboxylic acids is 3. The quantitative estimate of drug-likeness (QED) is 0.709. The molecular weight excluding hydrogens is 294 g/mol. The molecule has 0 bridgehead atoms. The van der Waals surface area contributed by atoms with Crippen LogP contribution < -0.4 is 16.0 Å². The fourth-order valence-corrected chi connectivity index (χ4v) is 1.94. The molecule has 0 heterocycles. The maximum atomic E-state index is 12.1. The van der Waals surface area contributed by atoms with E-state index in [1.807, 2.05) is 19.9 Å². The van der Waals surface area contributed by atoms with E-state index in [0.29, 0.717) is 12.1 Å². The number of hydrogen-bond donors (Lipinski definition) is 3. The number of benzene rings is 1. The molecule has 0 radical (unpaired) electrons. The fraction of sp³-hybridized carbons (Fsp3) is 0.471. The number of nitrogens with one attached hydrogen (secondary N) is 3. The van der Waals surface area contributed by atoms with Crippen LogP contribution >= 0.6 is 0 Å². The predicted octanol–water partition coefficient (Wildman–Crippen LogP) is 1.36. The van der Waals surface area contributed by atoms with E-state index in [2.05, 4.69) is 16.0 Å². The van der Waals surface area contributed by atoms with Gasteiger partial charge in [-0.25, -0.2) is 0 Å². The normalized spacial score (nSPS) is 12.9. The van der Waals surface area contributed by atoms with Crippen molar-refractivity contribution in [2.75, 3.05) is 0 Å². The molecule has 0 saturated carbocycles. The van der Waals surface area contributed by atoms with Crippen molar-refractivity contribution >= 4 is 17.7 Å². The molecule has 0 aliphatic heterocycles. The second-order valence-corrected chi connectivity index (χ2v) is 5.62. The van der Waals surface area contributed by atoms with Gasteiger partial charge in [-0.15, -0.1) is 0 Å². The summed E-state index contributed by atoms with van der Waals surface area (Å²) >= 11 is 0. The van der Waals surface area contributed by atoms with Gasteiger partial charge in [0.15, 0.2) is 0 Å². The highest BCUT2D eigenvalue weighted by Gasteiger charge is 2.13. The van der Waals surface area contributed by atoms with Gasteiger partial charge in [-0.05, 0) is 38.0 Å². The van der Waals surface area contributed by atoms with Gasteiger partial charge in [-0.2, -0.15) is 0 Å². The average Bonchev–Trinajstić information content (AvgIpc) is 2.51. The number of amides is 3. The van der Waals surface area contributed by atoms with Crippen LogP contribution in [0.25, 0.3) is 0 Å². The Bertz CT molecular complexity index is 572. The van der Waals surface area contributed by atoms with Crippen molar-refractivity contribution < 1.29 is 14.4 Å². The van der Waals surface area contributed by atoms with Crippen molar-refractivity contribution in [3.8, 4) is 0 Å². The third kappa shape index (κ3) is 6.50. The Labute approximate surface area is 137 Å². The van der Waals surface area contributed by atoms with Crippen LogP contribution in [0.15, 0.2) is 24.3 Å². The zero-order valence-corrected chi connectivity index (χ0v) is 14.1. The van der Waals surface area contributed by atoms with Crippen LogP contribution in [0, 0.1) is 0 Å². The molecule has 1 aromatic carbocycles. The maximum Gasteiger partial charge on any atom is 0.251 e. The maximum absolute atomic E-state index is 12.1. The molecule has 1 rings (SSSR count). The molecule has 2 atom stereocenters. The summed E-state index contributed by atoms with van der Waals surface area (Å²) in [6.07, 6.45) is 0.864. The lowest BCUT2D eigenvalue weighted by Gasteiger charge is -2.14. The van der Waals surface area contributed by atoms with Gasteiger partial charge in [-0.3, -0.25) is 14.4 Å². The SMILES string of the molecule is CCC(C)NC(=O)c1cccc(CNC(=O)C(C)NC(C)=O)c1. The highest BCUT2D eigenvalue weighted by atomic mass is 16.2. The molecule has 0 spiro atoms. The average molecular weight is 319 g/mol. The first-order valence-electron chi connectivity index (χ1n) is 7.78. The van der Waals surface area contributed by atoms with Crippen molar-refractivity contribution in [3.05, 3.63) is 35.4 Å². The Kier molecular flexibility index (Phi) is 7.25. The first-order valence-corrected chi connectivity index (χ1v) is 7.78. The van der Waals surface area contributed by atoms with E-state index in [4.69, 9.17) is 0 Å². The minimum absolute atomic E-state index is 0.115. The van der Waals surface area contributed by atoms with Gasteiger partial charge in [0.1, 0.15) is 6.04 Å². The van der Waals surface area contributed by atoms with E-state index < -0.39 is 6.04 Å². The molecule has 126 valence electrons. The van der Waals surface area contributed by atoms with E-state index in [1.54, 1.807) is 25.1 Å². The first-order chi connectivity index (χ1) is 10.8. The monoisotopic (exact) mass is 319 g/mol. The molecule has 3 amide bonds. The molecule has 0 fully saturated rings. The van der Waals surface area contributed by atoms with Gasteiger partial charge in [-0.1, -0.05) is 19.1 Å². The summed E-state index contributed by atoms with van der Waals surface area (Å²) in [4.78, 5) is 34.9. The Morgan fingerprint density at radius 3 is 2.43 bits per heavy atom. The highest BCUT2D eigenvalue weighted by molar-refractivity contribution is 5.94. The van der Waals surface area contributed by atoms with Gasteiger partial charge < -0.3 is 16.0 Å². The summed E-state index contributed by atoms with van der Waals surface area (Å²) in [5.74, 6) is -0.648. The van der Waals surface area contributed by atoms with Gasteiger partial charge in [0, 0.05) is 25.1 Å². The van der Waals surface area contributed by atoms with Crippen LogP contribution in [-0.4, -0.2) is 29.8 Å². The summed E-state index contributed by atoms with van der Waals surface area (Å²) in [6, 6.07) is 6.63. The lowest BCUT2D eigenvalue weighted by atomic mass is 10.1. The summed E-state index contributed by atoms with van der Waals surface area (Å²) < 4.78 is 0. The van der Waals surface area contributed by atoms with E-state index >= 15 is 0 Å². The van der Waals surface area contributed by atoms with Crippen LogP contribution in [0.2, 0.25) is 0 Å². The van der Waals surface area contributed by atoms with Crippen molar-refractivity contribution in [3.63, 3.8) is 0 Å². The Morgan fingerprint density at radius 2 is 1.83 bits per heavy atom. The molecule has 23 heavy (non-hydrogen) atoms. The molecule has 6 heteroatoms. The van der Waals surface area contributed by atoms with E-state index in [9.17, 15) is 14.4 Å². The van der Waals surface area contributed by atoms with Crippen molar-refractivity contribution in [2.24, 2.45) is 0 Å². The summed E-state index contributed by atoms with van der Waals surface area (Å²) in [5.41, 5.74) is 1.39. The molecule has 6 nitrogen and oxygen atoms in total. The van der Waals surface area contributed by atoms with Crippen LogP contribution in [-0.2, 0) is 16.1 Å². The van der Waals surface area contributed by atoms with Crippen LogP contribution in [0.1, 0.15) is 50.0 Å². The second-order valence-electron chi connectivity index (χ2n) is 5.62. The lowest BCUT2D eigenvalue weighted by molar-refractivity contribution is -0.127. The zero-order valence-electron chi connectivity index (χ0n) is 14.1. The lowest BCUT2D eigenvalue weighted by Crippen LogP contribution is -2.43. The van der Waals surface area contributed by atoms with Crippen molar-refractivity contribution in [1.82, 2.24) is 16.0 Å². The smallest absolute Gasteiger partial charge is 0.251 e. The summed E-state index contributed by atoms with van der Waals surface area (Å²) in [6.45, 7) is 7.24. The molecule has 1 aromatic rings. The topological polar surface area (TPSA) is 87.3 Å². The number of rotatable bonds is 7.